The van der Waals surface area contributed by atoms with Gasteiger partial charge in [-0.1, -0.05) is 0 Å². The Morgan fingerprint density at radius 1 is 1.73 bits per heavy atom. The molecular weight excluding hydrogens is 148 g/mol. The molecule has 0 radical (unpaired) electrons. The van der Waals surface area contributed by atoms with Gasteiger partial charge in [0.1, 0.15) is 0 Å². The van der Waals surface area contributed by atoms with E-state index in [0.717, 1.165) is 6.26 Å². The minimum Gasteiger partial charge on any atom is -0.516 e. The highest BCUT2D eigenvalue weighted by Crippen LogP contribution is 2.00. The SMILES string of the molecule is COC(C/C=C/O)OC(C)=O. The van der Waals surface area contributed by atoms with Crippen LogP contribution in [0.1, 0.15) is 13.3 Å². The number of aliphatic hydroxyl groups is 1. The van der Waals surface area contributed by atoms with Crippen molar-refractivity contribution in [3.05, 3.63) is 12.3 Å². The fourth-order valence-electron chi connectivity index (χ4n) is 0.550. The maximum Gasteiger partial charge on any atom is 0.304 e. The Bertz CT molecular complexity index is 141. The van der Waals surface area contributed by atoms with E-state index in [9.17, 15) is 4.79 Å². The van der Waals surface area contributed by atoms with E-state index >= 15 is 0 Å². The number of aliphatic hydroxyl groups excluding tert-OH is 1. The Morgan fingerprint density at radius 2 is 2.36 bits per heavy atom. The molecule has 0 aliphatic heterocycles. The van der Waals surface area contributed by atoms with E-state index in [0.29, 0.717) is 6.42 Å². The summed E-state index contributed by atoms with van der Waals surface area (Å²) in [7, 11) is 1.43. The lowest BCUT2D eigenvalue weighted by Crippen LogP contribution is -2.17. The van der Waals surface area contributed by atoms with E-state index in [4.69, 9.17) is 9.84 Å². The fourth-order valence-corrected chi connectivity index (χ4v) is 0.550. The van der Waals surface area contributed by atoms with E-state index in [1.807, 2.05) is 0 Å². The highest BCUT2D eigenvalue weighted by Gasteiger charge is 2.06. The summed E-state index contributed by atoms with van der Waals surface area (Å²) in [4.78, 5) is 10.4. The van der Waals surface area contributed by atoms with Crippen molar-refractivity contribution in [2.75, 3.05) is 7.11 Å². The summed E-state index contributed by atoms with van der Waals surface area (Å²) in [5.41, 5.74) is 0. The molecule has 0 heterocycles. The first kappa shape index (κ1) is 9.97. The predicted molar refractivity (Wildman–Crippen MR) is 38.9 cm³/mol. The van der Waals surface area contributed by atoms with Crippen LogP contribution < -0.4 is 0 Å². The molecule has 1 unspecified atom stereocenters. The number of carbonyl (C=O) groups excluding carboxylic acids is 1. The third kappa shape index (κ3) is 5.42. The summed E-state index contributed by atoms with van der Waals surface area (Å²) in [5, 5.41) is 8.27. The molecule has 0 amide bonds. The molecule has 0 aromatic heterocycles. The van der Waals surface area contributed by atoms with Crippen molar-refractivity contribution in [1.82, 2.24) is 0 Å². The van der Waals surface area contributed by atoms with Crippen LogP contribution in [0.3, 0.4) is 0 Å². The predicted octanol–water partition coefficient (Wildman–Crippen LogP) is 0.984. The third-order valence-electron chi connectivity index (χ3n) is 0.994. The number of rotatable bonds is 4. The highest BCUT2D eigenvalue weighted by molar-refractivity contribution is 5.66. The number of esters is 1. The van der Waals surface area contributed by atoms with Gasteiger partial charge in [0.2, 0.25) is 6.29 Å². The minimum absolute atomic E-state index is 0.354. The molecule has 0 saturated carbocycles. The fraction of sp³-hybridized carbons (Fsp3) is 0.571. The van der Waals surface area contributed by atoms with Crippen molar-refractivity contribution in [3.63, 3.8) is 0 Å². The molecular formula is C7H12O4. The first-order valence-corrected chi connectivity index (χ1v) is 3.20. The zero-order valence-electron chi connectivity index (χ0n) is 6.61. The Hall–Kier alpha value is -1.03. The summed E-state index contributed by atoms with van der Waals surface area (Å²) < 4.78 is 9.44. The summed E-state index contributed by atoms with van der Waals surface area (Å²) in [6.45, 7) is 1.30. The van der Waals surface area contributed by atoms with Gasteiger partial charge in [-0.05, 0) is 6.08 Å². The van der Waals surface area contributed by atoms with Gasteiger partial charge in [0, 0.05) is 20.5 Å². The molecule has 0 spiro atoms. The molecule has 4 nitrogen and oxygen atoms in total. The lowest BCUT2D eigenvalue weighted by molar-refractivity contribution is -0.169. The van der Waals surface area contributed by atoms with Gasteiger partial charge in [-0.15, -0.1) is 0 Å². The summed E-state index contributed by atoms with van der Waals surface area (Å²) in [6.07, 6.45) is 2.08. The van der Waals surface area contributed by atoms with Crippen LogP contribution in [0.15, 0.2) is 12.3 Å². The van der Waals surface area contributed by atoms with Crippen LogP contribution in [0, 0.1) is 0 Å². The number of carbonyl (C=O) groups is 1. The lowest BCUT2D eigenvalue weighted by atomic mass is 10.4. The standard InChI is InChI=1S/C7H12O4/c1-6(9)11-7(10-2)4-3-5-8/h3,5,7-8H,4H2,1-2H3/b5-3+. The van der Waals surface area contributed by atoms with Gasteiger partial charge in [0.15, 0.2) is 0 Å². The van der Waals surface area contributed by atoms with Crippen molar-refractivity contribution in [3.8, 4) is 0 Å². The molecule has 0 aromatic rings. The summed E-state index contributed by atoms with van der Waals surface area (Å²) in [6, 6.07) is 0. The molecule has 0 aliphatic rings. The van der Waals surface area contributed by atoms with Crippen molar-refractivity contribution < 1.29 is 19.4 Å². The van der Waals surface area contributed by atoms with Gasteiger partial charge in [0.25, 0.3) is 0 Å². The highest BCUT2D eigenvalue weighted by atomic mass is 16.7. The maximum atomic E-state index is 10.4. The Morgan fingerprint density at radius 3 is 2.73 bits per heavy atom. The number of methoxy groups -OCH3 is 1. The zero-order chi connectivity index (χ0) is 8.69. The second-order valence-electron chi connectivity index (χ2n) is 1.90. The summed E-state index contributed by atoms with van der Waals surface area (Å²) >= 11 is 0. The van der Waals surface area contributed by atoms with Gasteiger partial charge in [-0.2, -0.15) is 0 Å². The van der Waals surface area contributed by atoms with Gasteiger partial charge in [-0.25, -0.2) is 0 Å². The molecule has 0 rings (SSSR count). The molecule has 1 atom stereocenters. The van der Waals surface area contributed by atoms with Crippen molar-refractivity contribution >= 4 is 5.97 Å². The lowest BCUT2D eigenvalue weighted by Gasteiger charge is -2.11. The molecule has 11 heavy (non-hydrogen) atoms. The van der Waals surface area contributed by atoms with Crippen molar-refractivity contribution in [2.24, 2.45) is 0 Å². The third-order valence-corrected chi connectivity index (χ3v) is 0.994. The quantitative estimate of drug-likeness (QED) is 0.378. The molecule has 64 valence electrons. The normalized spacial score (nSPS) is 13.3. The average molecular weight is 160 g/mol. The van der Waals surface area contributed by atoms with Crippen LogP contribution in [0.2, 0.25) is 0 Å². The Kier molecular flexibility index (Phi) is 5.20. The molecule has 0 saturated heterocycles. The van der Waals surface area contributed by atoms with Gasteiger partial charge >= 0.3 is 5.97 Å². The largest absolute Gasteiger partial charge is 0.516 e. The first-order chi connectivity index (χ1) is 5.20. The topological polar surface area (TPSA) is 55.8 Å². The molecule has 0 aliphatic carbocycles. The minimum atomic E-state index is -0.601. The smallest absolute Gasteiger partial charge is 0.304 e. The molecule has 0 bridgehead atoms. The molecule has 0 fully saturated rings. The number of hydrogen-bond acceptors (Lipinski definition) is 4. The van der Waals surface area contributed by atoms with Gasteiger partial charge in [0.05, 0.1) is 6.26 Å². The maximum absolute atomic E-state index is 10.4. The Labute approximate surface area is 65.4 Å². The zero-order valence-corrected chi connectivity index (χ0v) is 6.61. The van der Waals surface area contributed by atoms with Crippen LogP contribution in [-0.2, 0) is 14.3 Å². The van der Waals surface area contributed by atoms with E-state index in [1.54, 1.807) is 0 Å². The Balaban J connectivity index is 3.66. The van der Waals surface area contributed by atoms with Crippen molar-refractivity contribution in [1.29, 1.82) is 0 Å². The van der Waals surface area contributed by atoms with Gasteiger partial charge in [-0.3, -0.25) is 4.79 Å². The van der Waals surface area contributed by atoms with Crippen molar-refractivity contribution in [2.45, 2.75) is 19.6 Å². The number of ether oxygens (including phenoxy) is 2. The van der Waals surface area contributed by atoms with Crippen LogP contribution >= 0.6 is 0 Å². The summed E-state index contributed by atoms with van der Waals surface area (Å²) in [5.74, 6) is -0.400. The second kappa shape index (κ2) is 5.73. The van der Waals surface area contributed by atoms with Crippen LogP contribution in [0.25, 0.3) is 0 Å². The monoisotopic (exact) mass is 160 g/mol. The van der Waals surface area contributed by atoms with E-state index in [-0.39, 0.29) is 0 Å². The first-order valence-electron chi connectivity index (χ1n) is 3.20. The number of hydrogen-bond donors (Lipinski definition) is 1. The molecule has 1 N–H and O–H groups in total. The van der Waals surface area contributed by atoms with Crippen LogP contribution in [0.5, 0.6) is 0 Å². The average Bonchev–Trinajstić information content (AvgIpc) is 1.97. The van der Waals surface area contributed by atoms with Gasteiger partial charge < -0.3 is 14.6 Å². The molecule has 0 aromatic carbocycles. The van der Waals surface area contributed by atoms with E-state index in [1.165, 1.54) is 20.1 Å². The van der Waals surface area contributed by atoms with Crippen LogP contribution in [0.4, 0.5) is 0 Å². The molecule has 4 heteroatoms. The van der Waals surface area contributed by atoms with E-state index in [2.05, 4.69) is 4.74 Å². The second-order valence-corrected chi connectivity index (χ2v) is 1.90. The van der Waals surface area contributed by atoms with Crippen LogP contribution in [-0.4, -0.2) is 24.5 Å². The van der Waals surface area contributed by atoms with E-state index < -0.39 is 12.3 Å².